The molecule has 1 aliphatic rings. The molecule has 2 unspecified atom stereocenters. The summed E-state index contributed by atoms with van der Waals surface area (Å²) in [6.07, 6.45) is 2.46. The molecule has 1 saturated heterocycles. The number of aromatic nitrogens is 1. The van der Waals surface area contributed by atoms with E-state index >= 15 is 0 Å². The van der Waals surface area contributed by atoms with E-state index in [-0.39, 0.29) is 6.10 Å². The maximum Gasteiger partial charge on any atom is 0.0682 e. The first-order valence-corrected chi connectivity index (χ1v) is 6.79. The smallest absolute Gasteiger partial charge is 0.0682 e. The molecular formula is C14H24N4O. The zero-order chi connectivity index (χ0) is 13.8. The minimum absolute atomic E-state index is 0.208. The Morgan fingerprint density at radius 3 is 3.00 bits per heavy atom. The van der Waals surface area contributed by atoms with E-state index in [2.05, 4.69) is 34.9 Å². The van der Waals surface area contributed by atoms with Crippen molar-refractivity contribution in [3.05, 3.63) is 29.6 Å². The molecule has 0 aliphatic carbocycles. The van der Waals surface area contributed by atoms with Crippen LogP contribution in [0.25, 0.3) is 0 Å². The summed E-state index contributed by atoms with van der Waals surface area (Å²) in [5.41, 5.74) is 7.75. The second-order valence-corrected chi connectivity index (χ2v) is 5.59. The number of hydrogen-bond acceptors (Lipinski definition) is 5. The lowest BCUT2D eigenvalue weighted by Gasteiger charge is -2.26. The standard InChI is InChI=1S/C14H24N4O/c1-17(2)9-13-6-14(19)10-18(13)8-11-3-4-16-12(5-11)7-15/h3-5,13-14,19H,6-10,15H2,1-2H3. The maximum absolute atomic E-state index is 9.87. The van der Waals surface area contributed by atoms with Gasteiger partial charge in [0.1, 0.15) is 0 Å². The van der Waals surface area contributed by atoms with E-state index in [1.807, 2.05) is 12.3 Å². The number of rotatable bonds is 5. The van der Waals surface area contributed by atoms with E-state index in [0.29, 0.717) is 12.6 Å². The zero-order valence-corrected chi connectivity index (χ0v) is 11.8. The summed E-state index contributed by atoms with van der Waals surface area (Å²) in [6, 6.07) is 4.49. The van der Waals surface area contributed by atoms with Crippen molar-refractivity contribution < 1.29 is 5.11 Å². The van der Waals surface area contributed by atoms with Crippen LogP contribution in [0.1, 0.15) is 17.7 Å². The predicted molar refractivity (Wildman–Crippen MR) is 75.5 cm³/mol. The van der Waals surface area contributed by atoms with Gasteiger partial charge in [-0.2, -0.15) is 0 Å². The second kappa shape index (κ2) is 6.43. The summed E-state index contributed by atoms with van der Waals surface area (Å²) in [5.74, 6) is 0. The van der Waals surface area contributed by atoms with Gasteiger partial charge in [0.2, 0.25) is 0 Å². The first kappa shape index (κ1) is 14.4. The normalized spacial score (nSPS) is 24.3. The molecule has 0 saturated carbocycles. The lowest BCUT2D eigenvalue weighted by atomic mass is 10.1. The van der Waals surface area contributed by atoms with Crippen LogP contribution < -0.4 is 5.73 Å². The molecule has 0 spiro atoms. The SMILES string of the molecule is CN(C)CC1CC(O)CN1Cc1ccnc(CN)c1. The molecule has 0 bridgehead atoms. The number of aliphatic hydroxyl groups is 1. The lowest BCUT2D eigenvalue weighted by Crippen LogP contribution is -2.37. The van der Waals surface area contributed by atoms with Gasteiger partial charge >= 0.3 is 0 Å². The molecule has 3 N–H and O–H groups in total. The van der Waals surface area contributed by atoms with E-state index in [9.17, 15) is 5.11 Å². The molecule has 1 aromatic heterocycles. The number of aliphatic hydroxyl groups excluding tert-OH is 1. The van der Waals surface area contributed by atoms with E-state index in [0.717, 1.165) is 31.7 Å². The highest BCUT2D eigenvalue weighted by Gasteiger charge is 2.30. The summed E-state index contributed by atoms with van der Waals surface area (Å²) in [4.78, 5) is 8.74. The van der Waals surface area contributed by atoms with Crippen LogP contribution in [0, 0.1) is 0 Å². The highest BCUT2D eigenvalue weighted by atomic mass is 16.3. The maximum atomic E-state index is 9.87. The van der Waals surface area contributed by atoms with Crippen molar-refractivity contribution in [3.63, 3.8) is 0 Å². The number of nitrogens with zero attached hydrogens (tertiary/aromatic N) is 3. The van der Waals surface area contributed by atoms with Gasteiger partial charge in [0.25, 0.3) is 0 Å². The van der Waals surface area contributed by atoms with Crippen LogP contribution in [-0.4, -0.2) is 59.2 Å². The molecule has 2 rings (SSSR count). The number of likely N-dealkylation sites (N-methyl/N-ethyl adjacent to an activating group) is 1. The van der Waals surface area contributed by atoms with Crippen molar-refractivity contribution in [2.75, 3.05) is 27.2 Å². The van der Waals surface area contributed by atoms with Crippen LogP contribution in [0.4, 0.5) is 0 Å². The molecule has 5 heteroatoms. The summed E-state index contributed by atoms with van der Waals surface area (Å²) < 4.78 is 0. The highest BCUT2D eigenvalue weighted by Crippen LogP contribution is 2.21. The van der Waals surface area contributed by atoms with Gasteiger partial charge in [0.15, 0.2) is 0 Å². The van der Waals surface area contributed by atoms with Gasteiger partial charge < -0.3 is 15.7 Å². The van der Waals surface area contributed by atoms with Crippen molar-refractivity contribution in [1.29, 1.82) is 0 Å². The summed E-state index contributed by atoms with van der Waals surface area (Å²) in [7, 11) is 4.14. The largest absolute Gasteiger partial charge is 0.392 e. The van der Waals surface area contributed by atoms with Crippen molar-refractivity contribution in [3.8, 4) is 0 Å². The predicted octanol–water partition coefficient (Wildman–Crippen LogP) is 0.0371. The Morgan fingerprint density at radius 2 is 2.32 bits per heavy atom. The van der Waals surface area contributed by atoms with Crippen molar-refractivity contribution >= 4 is 0 Å². The fourth-order valence-electron chi connectivity index (χ4n) is 2.74. The number of β-amino-alcohol motifs (C(OH)–C–C–N with tert-alkyl or cyclic N) is 1. The molecular weight excluding hydrogens is 240 g/mol. The van der Waals surface area contributed by atoms with Crippen LogP contribution in [-0.2, 0) is 13.1 Å². The molecule has 0 amide bonds. The van der Waals surface area contributed by atoms with Gasteiger partial charge in [-0.25, -0.2) is 0 Å². The Balaban J connectivity index is 2.03. The number of likely N-dealkylation sites (tertiary alicyclic amines) is 1. The van der Waals surface area contributed by atoms with Gasteiger partial charge in [-0.15, -0.1) is 0 Å². The average Bonchev–Trinajstić information content (AvgIpc) is 2.69. The fourth-order valence-corrected chi connectivity index (χ4v) is 2.74. The van der Waals surface area contributed by atoms with Crippen LogP contribution in [0.15, 0.2) is 18.3 Å². The van der Waals surface area contributed by atoms with Crippen molar-refractivity contribution in [2.45, 2.75) is 31.7 Å². The Morgan fingerprint density at radius 1 is 1.53 bits per heavy atom. The van der Waals surface area contributed by atoms with Gasteiger partial charge in [0, 0.05) is 38.4 Å². The lowest BCUT2D eigenvalue weighted by molar-refractivity contribution is 0.169. The molecule has 1 aliphatic heterocycles. The molecule has 5 nitrogen and oxygen atoms in total. The molecule has 0 aromatic carbocycles. The monoisotopic (exact) mass is 264 g/mol. The average molecular weight is 264 g/mol. The summed E-state index contributed by atoms with van der Waals surface area (Å²) in [6.45, 7) is 3.05. The first-order valence-electron chi connectivity index (χ1n) is 6.79. The first-order chi connectivity index (χ1) is 9.08. The van der Waals surface area contributed by atoms with Gasteiger partial charge in [0.05, 0.1) is 11.8 Å². The van der Waals surface area contributed by atoms with Crippen LogP contribution in [0.2, 0.25) is 0 Å². The third-order valence-corrected chi connectivity index (χ3v) is 3.56. The topological polar surface area (TPSA) is 65.6 Å². The molecule has 2 atom stereocenters. The second-order valence-electron chi connectivity index (χ2n) is 5.59. The van der Waals surface area contributed by atoms with E-state index in [4.69, 9.17) is 5.73 Å². The molecule has 0 radical (unpaired) electrons. The van der Waals surface area contributed by atoms with Crippen molar-refractivity contribution in [2.24, 2.45) is 5.73 Å². The molecule has 2 heterocycles. The van der Waals surface area contributed by atoms with E-state index in [1.165, 1.54) is 5.56 Å². The van der Waals surface area contributed by atoms with Gasteiger partial charge in [-0.3, -0.25) is 9.88 Å². The molecule has 19 heavy (non-hydrogen) atoms. The Labute approximate surface area is 115 Å². The number of pyridine rings is 1. The molecule has 106 valence electrons. The summed E-state index contributed by atoms with van der Waals surface area (Å²) >= 11 is 0. The van der Waals surface area contributed by atoms with E-state index < -0.39 is 0 Å². The zero-order valence-electron chi connectivity index (χ0n) is 11.8. The summed E-state index contributed by atoms with van der Waals surface area (Å²) in [5, 5.41) is 9.87. The van der Waals surface area contributed by atoms with Gasteiger partial charge in [-0.05, 0) is 38.2 Å². The Hall–Kier alpha value is -1.01. The highest BCUT2D eigenvalue weighted by molar-refractivity contribution is 5.16. The third kappa shape index (κ3) is 3.98. The van der Waals surface area contributed by atoms with E-state index in [1.54, 1.807) is 0 Å². The van der Waals surface area contributed by atoms with Gasteiger partial charge in [-0.1, -0.05) is 0 Å². The third-order valence-electron chi connectivity index (χ3n) is 3.56. The van der Waals surface area contributed by atoms with Crippen LogP contribution in [0.3, 0.4) is 0 Å². The Bertz CT molecular complexity index is 410. The minimum Gasteiger partial charge on any atom is -0.392 e. The fraction of sp³-hybridized carbons (Fsp3) is 0.643. The van der Waals surface area contributed by atoms with Crippen LogP contribution in [0.5, 0.6) is 0 Å². The molecule has 1 aromatic rings. The Kier molecular flexibility index (Phi) is 4.87. The molecule has 1 fully saturated rings. The quantitative estimate of drug-likeness (QED) is 0.786. The number of nitrogens with two attached hydrogens (primary N) is 1. The minimum atomic E-state index is -0.208. The number of hydrogen-bond donors (Lipinski definition) is 2. The van der Waals surface area contributed by atoms with Crippen molar-refractivity contribution in [1.82, 2.24) is 14.8 Å². The van der Waals surface area contributed by atoms with Crippen LogP contribution >= 0.6 is 0 Å².